The van der Waals surface area contributed by atoms with Crippen LogP contribution in [0.1, 0.15) is 29.5 Å². The molecule has 0 aliphatic heterocycles. The van der Waals surface area contributed by atoms with Gasteiger partial charge in [0.15, 0.2) is 0 Å². The molecule has 3 aromatic rings. The summed E-state index contributed by atoms with van der Waals surface area (Å²) in [4.78, 5) is 17.2. The summed E-state index contributed by atoms with van der Waals surface area (Å²) >= 11 is 1.65. The van der Waals surface area contributed by atoms with Crippen LogP contribution in [0.2, 0.25) is 0 Å². The molecule has 4 nitrogen and oxygen atoms in total. The predicted octanol–water partition coefficient (Wildman–Crippen LogP) is 4.55. The number of hydrogen-bond donors (Lipinski definition) is 2. The third-order valence-corrected chi connectivity index (χ3v) is 5.20. The Balaban J connectivity index is 1.54. The van der Waals surface area contributed by atoms with Crippen molar-refractivity contribution in [2.75, 3.05) is 5.32 Å². The number of anilines is 1. The van der Waals surface area contributed by atoms with E-state index in [4.69, 9.17) is 0 Å². The molecular weight excluding hydrogens is 342 g/mol. The lowest BCUT2D eigenvalue weighted by atomic mass is 10.1. The molecule has 1 aliphatic carbocycles. The quantitative estimate of drug-likeness (QED) is 0.675. The topological polar surface area (TPSA) is 54.0 Å². The van der Waals surface area contributed by atoms with E-state index >= 15 is 0 Å². The Morgan fingerprint density at radius 1 is 1.12 bits per heavy atom. The number of carbonyl (C=O) groups is 1. The Morgan fingerprint density at radius 3 is 2.46 bits per heavy atom. The zero-order valence-corrected chi connectivity index (χ0v) is 15.4. The first-order chi connectivity index (χ1) is 12.7. The van der Waals surface area contributed by atoms with Crippen molar-refractivity contribution < 1.29 is 4.79 Å². The maximum Gasteiger partial charge on any atom is 0.247 e. The summed E-state index contributed by atoms with van der Waals surface area (Å²) in [5.74, 6) is 0.0258. The van der Waals surface area contributed by atoms with E-state index in [0.717, 1.165) is 40.4 Å². The number of aryl methyl sites for hydroxylation is 1. The molecular formula is C21H21N3OS. The number of thiazole rings is 1. The second kappa shape index (κ2) is 7.30. The molecule has 0 radical (unpaired) electrons. The van der Waals surface area contributed by atoms with Crippen LogP contribution in [0.15, 0.2) is 60.0 Å². The first kappa shape index (κ1) is 16.8. The largest absolute Gasteiger partial charge is 0.370 e. The number of carbonyl (C=O) groups excluding carboxylic acids is 1. The van der Waals surface area contributed by atoms with Crippen molar-refractivity contribution >= 4 is 22.9 Å². The van der Waals surface area contributed by atoms with Crippen molar-refractivity contribution in [3.8, 4) is 11.3 Å². The van der Waals surface area contributed by atoms with Crippen molar-refractivity contribution in [3.05, 3.63) is 70.5 Å². The molecule has 0 saturated heterocycles. The number of hydrogen-bond acceptors (Lipinski definition) is 4. The number of aromatic nitrogens is 1. The van der Waals surface area contributed by atoms with Crippen molar-refractivity contribution in [1.82, 2.24) is 10.3 Å². The highest BCUT2D eigenvalue weighted by molar-refractivity contribution is 7.09. The third-order valence-electron chi connectivity index (χ3n) is 4.43. The Labute approximate surface area is 157 Å². The molecule has 2 N–H and O–H groups in total. The summed E-state index contributed by atoms with van der Waals surface area (Å²) in [5, 5.41) is 9.61. The number of nitrogens with one attached hydrogen (secondary N) is 2. The normalized spacial score (nSPS) is 14.7. The average molecular weight is 363 g/mol. The van der Waals surface area contributed by atoms with Crippen molar-refractivity contribution in [3.63, 3.8) is 0 Å². The Hall–Kier alpha value is -2.66. The van der Waals surface area contributed by atoms with Gasteiger partial charge < -0.3 is 10.6 Å². The number of rotatable bonds is 6. The SMILES string of the molecule is Cc1nc(-c2ccc(N[C@@H](C(=O)NC3CC3)c3ccccc3)cc2)cs1. The van der Waals surface area contributed by atoms with E-state index in [2.05, 4.69) is 21.0 Å². The van der Waals surface area contributed by atoms with Gasteiger partial charge in [0.1, 0.15) is 6.04 Å². The van der Waals surface area contributed by atoms with E-state index in [0.29, 0.717) is 6.04 Å². The average Bonchev–Trinajstić information content (AvgIpc) is 3.38. The molecule has 1 amide bonds. The van der Waals surface area contributed by atoms with Gasteiger partial charge in [-0.25, -0.2) is 4.98 Å². The van der Waals surface area contributed by atoms with Gasteiger partial charge in [-0.1, -0.05) is 42.5 Å². The van der Waals surface area contributed by atoms with Gasteiger partial charge in [0, 0.05) is 22.7 Å². The Bertz CT molecular complexity index is 885. The Morgan fingerprint density at radius 2 is 1.85 bits per heavy atom. The maximum atomic E-state index is 12.7. The fourth-order valence-electron chi connectivity index (χ4n) is 2.86. The minimum atomic E-state index is -0.399. The first-order valence-corrected chi connectivity index (χ1v) is 9.71. The van der Waals surface area contributed by atoms with Gasteiger partial charge in [-0.15, -0.1) is 11.3 Å². The summed E-state index contributed by atoms with van der Waals surface area (Å²) < 4.78 is 0. The molecule has 5 heteroatoms. The van der Waals surface area contributed by atoms with Gasteiger partial charge in [-0.05, 0) is 37.5 Å². The van der Waals surface area contributed by atoms with Crippen LogP contribution >= 0.6 is 11.3 Å². The molecule has 26 heavy (non-hydrogen) atoms. The highest BCUT2D eigenvalue weighted by Gasteiger charge is 2.28. The standard InChI is InChI=1S/C21H21N3OS/c1-14-22-19(13-26-14)15-7-9-17(10-8-15)23-20(16-5-3-2-4-6-16)21(25)24-18-11-12-18/h2-10,13,18,20,23H,11-12H2,1H3,(H,24,25)/t20-/m1/s1. The van der Waals surface area contributed by atoms with Crippen molar-refractivity contribution in [2.24, 2.45) is 0 Å². The lowest BCUT2D eigenvalue weighted by molar-refractivity contribution is -0.122. The van der Waals surface area contributed by atoms with Crippen LogP contribution in [0.3, 0.4) is 0 Å². The molecule has 0 bridgehead atoms. The number of nitrogens with zero attached hydrogens (tertiary/aromatic N) is 1. The van der Waals surface area contributed by atoms with Crippen molar-refractivity contribution in [1.29, 1.82) is 0 Å². The lowest BCUT2D eigenvalue weighted by Crippen LogP contribution is -2.34. The minimum absolute atomic E-state index is 0.0258. The zero-order chi connectivity index (χ0) is 17.9. The van der Waals surface area contributed by atoms with Crippen LogP contribution in [-0.2, 0) is 4.79 Å². The molecule has 4 rings (SSSR count). The summed E-state index contributed by atoms with van der Waals surface area (Å²) in [6.45, 7) is 2.01. The van der Waals surface area contributed by atoms with Crippen LogP contribution in [0.4, 0.5) is 5.69 Å². The zero-order valence-electron chi connectivity index (χ0n) is 14.6. The van der Waals surface area contributed by atoms with Gasteiger partial charge in [-0.3, -0.25) is 4.79 Å². The molecule has 0 spiro atoms. The van der Waals surface area contributed by atoms with E-state index in [1.807, 2.05) is 61.5 Å². The van der Waals surface area contributed by atoms with Crippen molar-refractivity contribution in [2.45, 2.75) is 31.8 Å². The molecule has 1 atom stereocenters. The molecule has 132 valence electrons. The second-order valence-corrected chi connectivity index (χ2v) is 7.66. The van der Waals surface area contributed by atoms with Crippen LogP contribution in [0.5, 0.6) is 0 Å². The highest BCUT2D eigenvalue weighted by atomic mass is 32.1. The van der Waals surface area contributed by atoms with Gasteiger partial charge in [0.25, 0.3) is 0 Å². The minimum Gasteiger partial charge on any atom is -0.370 e. The summed E-state index contributed by atoms with van der Waals surface area (Å²) in [6, 6.07) is 17.9. The smallest absolute Gasteiger partial charge is 0.247 e. The van der Waals surface area contributed by atoms with E-state index < -0.39 is 6.04 Å². The predicted molar refractivity (Wildman–Crippen MR) is 106 cm³/mol. The maximum absolute atomic E-state index is 12.7. The van der Waals surface area contributed by atoms with E-state index in [9.17, 15) is 4.79 Å². The lowest BCUT2D eigenvalue weighted by Gasteiger charge is -2.20. The fourth-order valence-corrected chi connectivity index (χ4v) is 3.48. The van der Waals surface area contributed by atoms with E-state index in [1.165, 1.54) is 0 Å². The number of benzene rings is 2. The van der Waals surface area contributed by atoms with Crippen LogP contribution in [0, 0.1) is 6.92 Å². The molecule has 1 aliphatic rings. The molecule has 1 heterocycles. The summed E-state index contributed by atoms with van der Waals surface area (Å²) in [7, 11) is 0. The van der Waals surface area contributed by atoms with Crippen LogP contribution in [0.25, 0.3) is 11.3 Å². The fraction of sp³-hybridized carbons (Fsp3) is 0.238. The first-order valence-electron chi connectivity index (χ1n) is 8.83. The van der Waals surface area contributed by atoms with Crippen LogP contribution < -0.4 is 10.6 Å². The Kier molecular flexibility index (Phi) is 4.71. The van der Waals surface area contributed by atoms with Crippen LogP contribution in [-0.4, -0.2) is 16.9 Å². The third kappa shape index (κ3) is 3.94. The van der Waals surface area contributed by atoms with Gasteiger partial charge in [0.2, 0.25) is 5.91 Å². The molecule has 1 fully saturated rings. The summed E-state index contributed by atoms with van der Waals surface area (Å²) in [6.07, 6.45) is 2.16. The second-order valence-electron chi connectivity index (χ2n) is 6.60. The molecule has 0 unspecified atom stereocenters. The van der Waals surface area contributed by atoms with Gasteiger partial charge in [-0.2, -0.15) is 0 Å². The highest BCUT2D eigenvalue weighted by Crippen LogP contribution is 2.26. The molecule has 1 saturated carbocycles. The molecule has 2 aromatic carbocycles. The van der Waals surface area contributed by atoms with Gasteiger partial charge in [0.05, 0.1) is 10.7 Å². The number of amides is 1. The monoisotopic (exact) mass is 363 g/mol. The van der Waals surface area contributed by atoms with E-state index in [-0.39, 0.29) is 5.91 Å². The van der Waals surface area contributed by atoms with Gasteiger partial charge >= 0.3 is 0 Å². The summed E-state index contributed by atoms with van der Waals surface area (Å²) in [5.41, 5.74) is 3.95. The molecule has 1 aromatic heterocycles. The van der Waals surface area contributed by atoms with E-state index in [1.54, 1.807) is 11.3 Å².